The van der Waals surface area contributed by atoms with Crippen LogP contribution in [0.3, 0.4) is 0 Å². The van der Waals surface area contributed by atoms with E-state index in [9.17, 15) is 4.79 Å². The predicted molar refractivity (Wildman–Crippen MR) is 46.7 cm³/mol. The minimum atomic E-state index is -0.940. The van der Waals surface area contributed by atoms with E-state index < -0.39 is 12.1 Å². The maximum absolute atomic E-state index is 10.5. The highest BCUT2D eigenvalue weighted by molar-refractivity contribution is 6.31. The number of hydrogen-bond acceptors (Lipinski definition) is 2. The minimum absolute atomic E-state index is 0.369. The molecule has 0 saturated carbocycles. The van der Waals surface area contributed by atoms with Gasteiger partial charge in [0.15, 0.2) is 6.10 Å². The van der Waals surface area contributed by atoms with Crippen molar-refractivity contribution in [1.29, 1.82) is 0 Å². The molecule has 0 radical (unpaired) electrons. The zero-order valence-corrected chi connectivity index (χ0v) is 7.36. The maximum atomic E-state index is 10.5. The molecular formula is C9H7ClO3. The fourth-order valence-corrected chi connectivity index (χ4v) is 1.49. The van der Waals surface area contributed by atoms with Crippen LogP contribution in [0.2, 0.25) is 5.02 Å². The van der Waals surface area contributed by atoms with Crippen molar-refractivity contribution in [3.8, 4) is 0 Å². The largest absolute Gasteiger partial charge is 0.479 e. The second-order valence-electron chi connectivity index (χ2n) is 2.84. The molecule has 0 aromatic heterocycles. The van der Waals surface area contributed by atoms with Crippen LogP contribution in [0.25, 0.3) is 0 Å². The molecule has 13 heavy (non-hydrogen) atoms. The van der Waals surface area contributed by atoms with Crippen LogP contribution in [-0.4, -0.2) is 17.2 Å². The van der Waals surface area contributed by atoms with Gasteiger partial charge >= 0.3 is 5.97 Å². The molecular weight excluding hydrogens is 192 g/mol. The molecule has 2 rings (SSSR count). The lowest BCUT2D eigenvalue weighted by Gasteiger charge is -1.97. The molecule has 1 aromatic carbocycles. The van der Waals surface area contributed by atoms with E-state index in [4.69, 9.17) is 21.4 Å². The van der Waals surface area contributed by atoms with Gasteiger partial charge in [0.05, 0.1) is 0 Å². The number of aliphatic carboxylic acids is 1. The third-order valence-corrected chi connectivity index (χ3v) is 2.29. The van der Waals surface area contributed by atoms with Crippen molar-refractivity contribution in [2.24, 2.45) is 0 Å². The highest BCUT2D eigenvalue weighted by Gasteiger charge is 2.47. The van der Waals surface area contributed by atoms with Crippen LogP contribution in [0.4, 0.5) is 0 Å². The first-order chi connectivity index (χ1) is 6.20. The SMILES string of the molecule is O=C(O)[C@H]1O[C@H]1c1ccccc1Cl. The minimum Gasteiger partial charge on any atom is -0.479 e. The lowest BCUT2D eigenvalue weighted by Crippen LogP contribution is -2.04. The molecule has 3 nitrogen and oxygen atoms in total. The Morgan fingerprint density at radius 1 is 1.46 bits per heavy atom. The zero-order chi connectivity index (χ0) is 9.42. The van der Waals surface area contributed by atoms with Gasteiger partial charge in [-0.05, 0) is 6.07 Å². The number of carboxylic acids is 1. The van der Waals surface area contributed by atoms with Gasteiger partial charge in [-0.25, -0.2) is 4.79 Å². The van der Waals surface area contributed by atoms with E-state index in [0.717, 1.165) is 5.56 Å². The molecule has 0 bridgehead atoms. The molecule has 1 saturated heterocycles. The van der Waals surface area contributed by atoms with Crippen LogP contribution in [0.15, 0.2) is 24.3 Å². The Kier molecular flexibility index (Phi) is 1.98. The van der Waals surface area contributed by atoms with E-state index in [0.29, 0.717) is 5.02 Å². The lowest BCUT2D eigenvalue weighted by molar-refractivity contribution is -0.138. The number of ether oxygens (including phenoxy) is 1. The van der Waals surface area contributed by atoms with E-state index >= 15 is 0 Å². The smallest absolute Gasteiger partial charge is 0.335 e. The standard InChI is InChI=1S/C9H7ClO3/c10-6-4-2-1-3-5(6)7-8(13-7)9(11)12/h1-4,7-8H,(H,11,12)/t7-,8-/m0/s1. The summed E-state index contributed by atoms with van der Waals surface area (Å²) >= 11 is 5.86. The van der Waals surface area contributed by atoms with E-state index in [2.05, 4.69) is 0 Å². The van der Waals surface area contributed by atoms with Gasteiger partial charge in [-0.15, -0.1) is 0 Å². The van der Waals surface area contributed by atoms with Crippen molar-refractivity contribution in [3.63, 3.8) is 0 Å². The number of benzene rings is 1. The third-order valence-electron chi connectivity index (χ3n) is 1.95. The van der Waals surface area contributed by atoms with Crippen LogP contribution in [0, 0.1) is 0 Å². The van der Waals surface area contributed by atoms with Crippen molar-refractivity contribution < 1.29 is 14.6 Å². The summed E-state index contributed by atoms with van der Waals surface area (Å²) in [7, 11) is 0. The van der Waals surface area contributed by atoms with Crippen molar-refractivity contribution >= 4 is 17.6 Å². The van der Waals surface area contributed by atoms with Crippen LogP contribution in [-0.2, 0) is 9.53 Å². The van der Waals surface area contributed by atoms with Crippen molar-refractivity contribution in [2.75, 3.05) is 0 Å². The molecule has 68 valence electrons. The molecule has 1 aliphatic rings. The summed E-state index contributed by atoms with van der Waals surface area (Å²) < 4.78 is 4.96. The highest BCUT2D eigenvalue weighted by Crippen LogP contribution is 2.41. The van der Waals surface area contributed by atoms with Crippen LogP contribution >= 0.6 is 11.6 Å². The number of rotatable bonds is 2. The summed E-state index contributed by atoms with van der Waals surface area (Å²) in [5, 5.41) is 9.16. The molecule has 1 aliphatic heterocycles. The van der Waals surface area contributed by atoms with Gasteiger partial charge in [0, 0.05) is 10.6 Å². The quantitative estimate of drug-likeness (QED) is 0.738. The molecule has 0 amide bonds. The Hall–Kier alpha value is -1.06. The molecule has 2 atom stereocenters. The fraction of sp³-hybridized carbons (Fsp3) is 0.222. The molecule has 1 aromatic rings. The van der Waals surface area contributed by atoms with Gasteiger partial charge in [0.2, 0.25) is 0 Å². The monoisotopic (exact) mass is 198 g/mol. The summed E-state index contributed by atoms with van der Waals surface area (Å²) in [5.74, 6) is -0.940. The fourth-order valence-electron chi connectivity index (χ4n) is 1.24. The van der Waals surface area contributed by atoms with Crippen LogP contribution in [0.1, 0.15) is 11.7 Å². The summed E-state index contributed by atoms with van der Waals surface area (Å²) in [4.78, 5) is 10.5. The van der Waals surface area contributed by atoms with Crippen molar-refractivity contribution in [1.82, 2.24) is 0 Å². The molecule has 1 N–H and O–H groups in total. The molecule has 4 heteroatoms. The Morgan fingerprint density at radius 2 is 2.15 bits per heavy atom. The van der Waals surface area contributed by atoms with E-state index in [1.807, 2.05) is 6.07 Å². The lowest BCUT2D eigenvalue weighted by atomic mass is 10.1. The maximum Gasteiger partial charge on any atom is 0.335 e. The summed E-state index contributed by atoms with van der Waals surface area (Å²) in [6.07, 6.45) is -1.09. The van der Waals surface area contributed by atoms with Gasteiger partial charge in [-0.2, -0.15) is 0 Å². The normalized spacial score (nSPS) is 25.6. The van der Waals surface area contributed by atoms with Gasteiger partial charge in [0.25, 0.3) is 0 Å². The molecule has 1 heterocycles. The number of carboxylic acid groups (broad SMARTS) is 1. The molecule has 0 aliphatic carbocycles. The zero-order valence-electron chi connectivity index (χ0n) is 6.61. The third kappa shape index (κ3) is 1.53. The van der Waals surface area contributed by atoms with E-state index in [1.54, 1.807) is 18.2 Å². The van der Waals surface area contributed by atoms with Gasteiger partial charge in [-0.1, -0.05) is 29.8 Å². The number of halogens is 1. The van der Waals surface area contributed by atoms with E-state index in [-0.39, 0.29) is 6.10 Å². The second-order valence-corrected chi connectivity index (χ2v) is 3.24. The average molecular weight is 199 g/mol. The average Bonchev–Trinajstić information content (AvgIpc) is 2.84. The highest BCUT2D eigenvalue weighted by atomic mass is 35.5. The number of hydrogen-bond donors (Lipinski definition) is 1. The topological polar surface area (TPSA) is 49.8 Å². The summed E-state index contributed by atoms with van der Waals surface area (Å²) in [6, 6.07) is 7.10. The first-order valence-electron chi connectivity index (χ1n) is 3.83. The first kappa shape index (κ1) is 8.53. The molecule has 1 fully saturated rings. The Bertz CT molecular complexity index is 350. The van der Waals surface area contributed by atoms with Crippen molar-refractivity contribution in [3.05, 3.63) is 34.9 Å². The van der Waals surface area contributed by atoms with Crippen LogP contribution in [0.5, 0.6) is 0 Å². The van der Waals surface area contributed by atoms with E-state index in [1.165, 1.54) is 0 Å². The summed E-state index contributed by atoms with van der Waals surface area (Å²) in [5.41, 5.74) is 0.747. The summed E-state index contributed by atoms with van der Waals surface area (Å²) in [6.45, 7) is 0. The van der Waals surface area contributed by atoms with Gasteiger partial charge < -0.3 is 9.84 Å². The van der Waals surface area contributed by atoms with Crippen molar-refractivity contribution in [2.45, 2.75) is 12.2 Å². The number of epoxide rings is 1. The molecule has 0 spiro atoms. The predicted octanol–water partition coefficient (Wildman–Crippen LogP) is 1.86. The van der Waals surface area contributed by atoms with Crippen LogP contribution < -0.4 is 0 Å². The molecule has 0 unspecified atom stereocenters. The Balaban J connectivity index is 2.21. The Morgan fingerprint density at radius 3 is 2.69 bits per heavy atom. The second kappa shape index (κ2) is 3.01. The van der Waals surface area contributed by atoms with Gasteiger partial charge in [-0.3, -0.25) is 0 Å². The van der Waals surface area contributed by atoms with Gasteiger partial charge in [0.1, 0.15) is 6.10 Å². The Labute approximate surface area is 79.9 Å². The first-order valence-corrected chi connectivity index (χ1v) is 4.20. The number of carbonyl (C=O) groups is 1.